The Labute approximate surface area is 211 Å². The Kier molecular flexibility index (Phi) is 6.15. The molecule has 0 fully saturated rings. The third-order valence-corrected chi connectivity index (χ3v) is 6.53. The molecule has 0 saturated heterocycles. The highest BCUT2D eigenvalue weighted by atomic mass is 35.5. The second-order valence-electron chi connectivity index (χ2n) is 8.78. The molecular weight excluding hydrogens is 484 g/mol. The molecule has 0 radical (unpaired) electrons. The second kappa shape index (κ2) is 9.29. The number of oxime groups is 1. The van der Waals surface area contributed by atoms with Crippen molar-refractivity contribution in [3.63, 3.8) is 0 Å². The van der Waals surface area contributed by atoms with Crippen LogP contribution in [0.15, 0.2) is 44.8 Å². The summed E-state index contributed by atoms with van der Waals surface area (Å²) in [6.45, 7) is 7.25. The zero-order chi connectivity index (χ0) is 25.6. The van der Waals surface area contributed by atoms with Gasteiger partial charge in [-0.3, -0.25) is 9.48 Å². The Morgan fingerprint density at radius 1 is 1.33 bits per heavy atom. The standard InChI is InChI=1S/C25H25ClN6O4/c1-12-8-15(14(3)29-18-4-5-20(26)30-21(18)25(27)31-34)24-16(9-12)22(33)13(2)23(36-24)17-10-28-32-6-7-35-11-19(17)32/h4-5,8-10,14,29,34H,6-7,11H2,1-3H3,(H2,27,31). The summed E-state index contributed by atoms with van der Waals surface area (Å²) in [5.74, 6) is 0.293. The summed E-state index contributed by atoms with van der Waals surface area (Å²) in [5.41, 5.74) is 10.7. The van der Waals surface area contributed by atoms with Crippen LogP contribution in [0, 0.1) is 13.8 Å². The van der Waals surface area contributed by atoms with Crippen molar-refractivity contribution >= 4 is 34.1 Å². The normalized spacial score (nSPS) is 14.6. The molecule has 5 rings (SSSR count). The molecule has 1 aliphatic rings. The number of amidine groups is 1. The largest absolute Gasteiger partial charge is 0.455 e. The first-order valence-corrected chi connectivity index (χ1v) is 11.8. The van der Waals surface area contributed by atoms with E-state index < -0.39 is 0 Å². The van der Waals surface area contributed by atoms with Crippen LogP contribution in [0.2, 0.25) is 5.15 Å². The number of hydrogen-bond donors (Lipinski definition) is 3. The number of nitrogens with one attached hydrogen (secondary N) is 1. The summed E-state index contributed by atoms with van der Waals surface area (Å²) in [4.78, 5) is 17.7. The lowest BCUT2D eigenvalue weighted by molar-refractivity contribution is 0.0803. The number of nitrogens with two attached hydrogens (primary N) is 1. The van der Waals surface area contributed by atoms with E-state index in [4.69, 9.17) is 26.5 Å². The maximum Gasteiger partial charge on any atom is 0.196 e. The summed E-state index contributed by atoms with van der Waals surface area (Å²) < 4.78 is 14.0. The van der Waals surface area contributed by atoms with Gasteiger partial charge in [-0.2, -0.15) is 5.10 Å². The first kappa shape index (κ1) is 23.8. The van der Waals surface area contributed by atoms with E-state index in [-0.39, 0.29) is 28.2 Å². The van der Waals surface area contributed by atoms with Gasteiger partial charge in [-0.25, -0.2) is 4.98 Å². The minimum Gasteiger partial charge on any atom is -0.455 e. The molecule has 1 atom stereocenters. The molecule has 36 heavy (non-hydrogen) atoms. The summed E-state index contributed by atoms with van der Waals surface area (Å²) in [5, 5.41) is 20.7. The van der Waals surface area contributed by atoms with Gasteiger partial charge in [0.05, 0.1) is 54.3 Å². The molecule has 4 N–H and O–H groups in total. The van der Waals surface area contributed by atoms with Crippen LogP contribution in [-0.4, -0.2) is 32.4 Å². The van der Waals surface area contributed by atoms with Gasteiger partial charge < -0.3 is 25.4 Å². The van der Waals surface area contributed by atoms with Crippen LogP contribution in [-0.2, 0) is 17.9 Å². The van der Waals surface area contributed by atoms with Gasteiger partial charge in [0.1, 0.15) is 22.2 Å². The highest BCUT2D eigenvalue weighted by Crippen LogP contribution is 2.34. The van der Waals surface area contributed by atoms with Crippen molar-refractivity contribution in [3.05, 3.63) is 73.9 Å². The molecular formula is C25H25ClN6O4. The molecule has 1 aromatic carbocycles. The van der Waals surface area contributed by atoms with Gasteiger partial charge in [-0.05, 0) is 44.5 Å². The first-order chi connectivity index (χ1) is 17.3. The number of aromatic nitrogens is 3. The lowest BCUT2D eigenvalue weighted by Gasteiger charge is -2.20. The number of benzene rings is 1. The van der Waals surface area contributed by atoms with Crippen LogP contribution in [0.25, 0.3) is 22.3 Å². The highest BCUT2D eigenvalue weighted by molar-refractivity contribution is 6.29. The monoisotopic (exact) mass is 508 g/mol. The third-order valence-electron chi connectivity index (χ3n) is 6.32. The van der Waals surface area contributed by atoms with Crippen LogP contribution in [0.4, 0.5) is 5.69 Å². The predicted octanol–water partition coefficient (Wildman–Crippen LogP) is 4.12. The molecule has 10 nitrogen and oxygen atoms in total. The van der Waals surface area contributed by atoms with E-state index >= 15 is 0 Å². The number of fused-ring (bicyclic) bond motifs is 2. The van der Waals surface area contributed by atoms with Gasteiger partial charge in [0.2, 0.25) is 0 Å². The summed E-state index contributed by atoms with van der Waals surface area (Å²) >= 11 is 6.02. The van der Waals surface area contributed by atoms with Crippen molar-refractivity contribution in [3.8, 4) is 11.3 Å². The van der Waals surface area contributed by atoms with Gasteiger partial charge in [0.15, 0.2) is 11.3 Å². The smallest absolute Gasteiger partial charge is 0.196 e. The van der Waals surface area contributed by atoms with Gasteiger partial charge >= 0.3 is 0 Å². The van der Waals surface area contributed by atoms with Crippen molar-refractivity contribution in [2.45, 2.75) is 40.0 Å². The minimum absolute atomic E-state index is 0.106. The number of ether oxygens (including phenoxy) is 1. The van der Waals surface area contributed by atoms with E-state index in [0.29, 0.717) is 47.7 Å². The van der Waals surface area contributed by atoms with E-state index in [0.717, 1.165) is 22.4 Å². The van der Waals surface area contributed by atoms with Gasteiger partial charge in [-0.1, -0.05) is 22.8 Å². The fraction of sp³-hybridized carbons (Fsp3) is 0.280. The fourth-order valence-electron chi connectivity index (χ4n) is 4.52. The van der Waals surface area contributed by atoms with Crippen molar-refractivity contribution in [1.82, 2.24) is 14.8 Å². The number of anilines is 1. The molecule has 0 saturated carbocycles. The highest BCUT2D eigenvalue weighted by Gasteiger charge is 2.24. The van der Waals surface area contributed by atoms with E-state index in [9.17, 15) is 10.0 Å². The number of halogens is 1. The van der Waals surface area contributed by atoms with Gasteiger partial charge in [0, 0.05) is 11.1 Å². The third kappa shape index (κ3) is 4.08. The van der Waals surface area contributed by atoms with Crippen molar-refractivity contribution in [2.75, 3.05) is 11.9 Å². The molecule has 0 spiro atoms. The van der Waals surface area contributed by atoms with E-state index in [1.54, 1.807) is 25.3 Å². The minimum atomic E-state index is -0.344. The quantitative estimate of drug-likeness (QED) is 0.120. The molecule has 4 heterocycles. The Hall–Kier alpha value is -3.89. The second-order valence-corrected chi connectivity index (χ2v) is 9.17. The van der Waals surface area contributed by atoms with Crippen molar-refractivity contribution in [2.24, 2.45) is 10.9 Å². The summed E-state index contributed by atoms with van der Waals surface area (Å²) in [6, 6.07) is 6.75. The Morgan fingerprint density at radius 3 is 2.92 bits per heavy atom. The van der Waals surface area contributed by atoms with Crippen molar-refractivity contribution < 1.29 is 14.4 Å². The Morgan fingerprint density at radius 2 is 2.14 bits per heavy atom. The maximum atomic E-state index is 13.5. The average Bonchev–Trinajstić information content (AvgIpc) is 3.30. The van der Waals surface area contributed by atoms with Crippen LogP contribution in [0.3, 0.4) is 0 Å². The summed E-state index contributed by atoms with van der Waals surface area (Å²) in [7, 11) is 0. The summed E-state index contributed by atoms with van der Waals surface area (Å²) in [6.07, 6.45) is 1.72. The predicted molar refractivity (Wildman–Crippen MR) is 137 cm³/mol. The van der Waals surface area contributed by atoms with Crippen LogP contribution < -0.4 is 16.5 Å². The van der Waals surface area contributed by atoms with Crippen LogP contribution in [0.5, 0.6) is 0 Å². The molecule has 0 aliphatic carbocycles. The molecule has 1 aliphatic heterocycles. The van der Waals surface area contributed by atoms with Crippen molar-refractivity contribution in [1.29, 1.82) is 0 Å². The van der Waals surface area contributed by atoms with E-state index in [1.165, 1.54) is 0 Å². The lowest BCUT2D eigenvalue weighted by atomic mass is 9.98. The number of rotatable bonds is 5. The maximum absolute atomic E-state index is 13.5. The van der Waals surface area contributed by atoms with Crippen LogP contribution in [0.1, 0.15) is 41.0 Å². The van der Waals surface area contributed by atoms with Crippen LogP contribution >= 0.6 is 11.6 Å². The van der Waals surface area contributed by atoms with Gasteiger partial charge in [-0.15, -0.1) is 0 Å². The SMILES string of the molecule is Cc1cc(C(C)Nc2ccc(Cl)nc2C(N)=NO)c2oc(-c3cnn4c3COCC4)c(C)c(=O)c2c1. The Bertz CT molecular complexity index is 1580. The number of nitrogens with zero attached hydrogens (tertiary/aromatic N) is 4. The Balaban J connectivity index is 1.66. The molecule has 11 heteroatoms. The molecule has 1 unspecified atom stereocenters. The molecule has 0 amide bonds. The molecule has 3 aromatic heterocycles. The zero-order valence-corrected chi connectivity index (χ0v) is 20.8. The van der Waals surface area contributed by atoms with Gasteiger partial charge in [0.25, 0.3) is 0 Å². The first-order valence-electron chi connectivity index (χ1n) is 11.4. The zero-order valence-electron chi connectivity index (χ0n) is 20.0. The molecule has 0 bridgehead atoms. The number of pyridine rings is 1. The fourth-order valence-corrected chi connectivity index (χ4v) is 4.66. The number of hydrogen-bond acceptors (Lipinski definition) is 8. The van der Waals surface area contributed by atoms with E-state index in [2.05, 4.69) is 20.6 Å². The van der Waals surface area contributed by atoms with E-state index in [1.807, 2.05) is 30.7 Å². The molecule has 4 aromatic rings. The average molecular weight is 509 g/mol. The molecule has 186 valence electrons. The topological polar surface area (TPSA) is 141 Å². The lowest BCUT2D eigenvalue weighted by Crippen LogP contribution is -2.19. The number of aryl methyl sites for hydroxylation is 1.